The summed E-state index contributed by atoms with van der Waals surface area (Å²) >= 11 is 1.66. The van der Waals surface area contributed by atoms with Gasteiger partial charge in [0.15, 0.2) is 0 Å². The van der Waals surface area contributed by atoms with Crippen molar-refractivity contribution in [2.45, 2.75) is 78.2 Å². The molecule has 7 atom stereocenters. The summed E-state index contributed by atoms with van der Waals surface area (Å²) in [5.74, 6) is 2.76. The van der Waals surface area contributed by atoms with E-state index in [9.17, 15) is 5.11 Å². The number of para-hydroxylation sites is 1. The number of thiazole rings is 1. The molecule has 0 radical (unpaired) electrons. The van der Waals surface area contributed by atoms with E-state index in [1.807, 2.05) is 0 Å². The molecule has 0 saturated heterocycles. The summed E-state index contributed by atoms with van der Waals surface area (Å²) in [6.07, 6.45) is 11.7. The highest BCUT2D eigenvalue weighted by molar-refractivity contribution is 7.07. The molecule has 3 saturated carbocycles. The normalized spacial score (nSPS) is 35.4. The smallest absolute Gasteiger partial charge is 0.215 e. The Hall–Kier alpha value is -2.76. The highest BCUT2D eigenvalue weighted by Gasteiger charge is 2.59. The van der Waals surface area contributed by atoms with Crippen LogP contribution in [0.1, 0.15) is 72.1 Å². The zero-order valence-corrected chi connectivity index (χ0v) is 25.5. The second-order valence-electron chi connectivity index (χ2n) is 13.6. The van der Waals surface area contributed by atoms with Crippen molar-refractivity contribution < 1.29 is 5.11 Å². The third kappa shape index (κ3) is 4.51. The minimum atomic E-state index is -0.133. The molecule has 3 fully saturated rings. The number of hydrogen-bond donors (Lipinski definition) is 1. The van der Waals surface area contributed by atoms with E-state index < -0.39 is 0 Å². The summed E-state index contributed by atoms with van der Waals surface area (Å²) in [5, 5.41) is 22.5. The average molecular weight is 566 g/mol. The van der Waals surface area contributed by atoms with E-state index >= 15 is 0 Å². The maximum atomic E-state index is 10.4. The lowest BCUT2D eigenvalue weighted by atomic mass is 9.47. The van der Waals surface area contributed by atoms with Crippen LogP contribution in [0, 0.1) is 34.5 Å². The van der Waals surface area contributed by atoms with Gasteiger partial charge in [-0.1, -0.05) is 74.0 Å². The summed E-state index contributed by atoms with van der Waals surface area (Å²) in [6, 6.07) is 21.1. The van der Waals surface area contributed by atoms with Crippen LogP contribution in [0.5, 0.6) is 0 Å². The molecule has 4 nitrogen and oxygen atoms in total. The lowest BCUT2D eigenvalue weighted by molar-refractivity contribution is -0.0423. The quantitative estimate of drug-likeness (QED) is 0.193. The fourth-order valence-electron chi connectivity index (χ4n) is 9.54. The van der Waals surface area contributed by atoms with Gasteiger partial charge < -0.3 is 5.11 Å². The molecule has 1 aromatic heterocycles. The number of aromatic nitrogens is 1. The highest BCUT2D eigenvalue weighted by atomic mass is 32.1. The minimum Gasteiger partial charge on any atom is -0.393 e. The van der Waals surface area contributed by atoms with E-state index in [1.54, 1.807) is 16.9 Å². The maximum absolute atomic E-state index is 10.4. The van der Waals surface area contributed by atoms with E-state index in [1.165, 1.54) is 43.4 Å². The predicted octanol–water partition coefficient (Wildman–Crippen LogP) is 8.42. The van der Waals surface area contributed by atoms with Gasteiger partial charge in [0, 0.05) is 22.7 Å². The Morgan fingerprint density at radius 1 is 0.927 bits per heavy atom. The number of aliphatic hydroxyl groups excluding tert-OH is 1. The first kappa shape index (κ1) is 27.1. The number of fused-ring (bicyclic) bond motifs is 5. The highest BCUT2D eigenvalue weighted by Crippen LogP contribution is 2.66. The van der Waals surface area contributed by atoms with Gasteiger partial charge in [-0.2, -0.15) is 5.10 Å². The molecule has 0 spiro atoms. The molecule has 0 amide bonds. The van der Waals surface area contributed by atoms with Crippen LogP contribution < -0.4 is 4.80 Å². The molecular formula is C36H43N3OS. The fourth-order valence-corrected chi connectivity index (χ4v) is 10.4. The van der Waals surface area contributed by atoms with Crippen LogP contribution in [0.15, 0.2) is 87.9 Å². The maximum Gasteiger partial charge on any atom is 0.215 e. The Bertz CT molecular complexity index is 1540. The Morgan fingerprint density at radius 2 is 1.68 bits per heavy atom. The van der Waals surface area contributed by atoms with Gasteiger partial charge in [0.1, 0.15) is 0 Å². The van der Waals surface area contributed by atoms with Crippen molar-refractivity contribution in [1.82, 2.24) is 4.57 Å². The molecule has 214 valence electrons. The van der Waals surface area contributed by atoms with E-state index in [2.05, 4.69) is 97.5 Å². The van der Waals surface area contributed by atoms with Crippen LogP contribution in [-0.4, -0.2) is 21.5 Å². The zero-order valence-electron chi connectivity index (χ0n) is 24.7. The standard InChI is InChI=1S/C36H43N3OS/c1-24(37-38-34-39(27-12-8-5-9-13-27)33(23-41-34)25-10-6-4-7-11-25)30-16-17-31-29-15-14-26-22-28(40)18-20-35(26,2)32(29)19-21-36(30,31)3/h4-14,23,28-32,40H,15-22H2,1-3H3/b37-24+,38-34-/t28-,29-,30+,31-,32-,35-,36+/m0/s1. The van der Waals surface area contributed by atoms with Crippen molar-refractivity contribution in [3.8, 4) is 16.9 Å². The molecule has 0 unspecified atom stereocenters. The molecule has 41 heavy (non-hydrogen) atoms. The molecule has 0 aliphatic heterocycles. The molecule has 3 aromatic rings. The Morgan fingerprint density at radius 3 is 2.46 bits per heavy atom. The first-order valence-electron chi connectivity index (χ1n) is 15.7. The lowest BCUT2D eigenvalue weighted by Gasteiger charge is -2.58. The van der Waals surface area contributed by atoms with E-state index in [0.29, 0.717) is 16.7 Å². The molecule has 1 N–H and O–H groups in total. The van der Waals surface area contributed by atoms with Crippen molar-refractivity contribution in [3.63, 3.8) is 0 Å². The van der Waals surface area contributed by atoms with Crippen LogP contribution in [0.2, 0.25) is 0 Å². The predicted molar refractivity (Wildman–Crippen MR) is 169 cm³/mol. The summed E-state index contributed by atoms with van der Waals surface area (Å²) < 4.78 is 2.24. The van der Waals surface area contributed by atoms with Gasteiger partial charge in [-0.3, -0.25) is 4.57 Å². The van der Waals surface area contributed by atoms with Crippen LogP contribution in [0.4, 0.5) is 0 Å². The summed E-state index contributed by atoms with van der Waals surface area (Å²) in [5.41, 5.74) is 6.78. The second-order valence-corrected chi connectivity index (χ2v) is 14.4. The Kier molecular flexibility index (Phi) is 6.94. The van der Waals surface area contributed by atoms with Gasteiger partial charge in [0.25, 0.3) is 0 Å². The van der Waals surface area contributed by atoms with Crippen LogP contribution in [-0.2, 0) is 0 Å². The van der Waals surface area contributed by atoms with Crippen molar-refractivity contribution in [2.24, 2.45) is 44.7 Å². The molecule has 4 aliphatic carbocycles. The summed E-state index contributed by atoms with van der Waals surface area (Å²) in [7, 11) is 0. The molecule has 0 bridgehead atoms. The van der Waals surface area contributed by atoms with Gasteiger partial charge in [-0.05, 0) is 105 Å². The van der Waals surface area contributed by atoms with Crippen molar-refractivity contribution >= 4 is 17.0 Å². The topological polar surface area (TPSA) is 49.9 Å². The van der Waals surface area contributed by atoms with Crippen molar-refractivity contribution in [3.05, 3.63) is 82.5 Å². The number of benzene rings is 2. The number of hydrogen-bond acceptors (Lipinski definition) is 4. The van der Waals surface area contributed by atoms with Crippen LogP contribution in [0.25, 0.3) is 16.9 Å². The monoisotopic (exact) mass is 565 g/mol. The fraction of sp³-hybridized carbons (Fsp3) is 0.500. The van der Waals surface area contributed by atoms with Crippen LogP contribution >= 0.6 is 11.3 Å². The SMILES string of the molecule is C/C(=N\N=c1/scc(-c2ccccc2)n1-c1ccccc1)[C@H]1CC[C@H]2[C@@H]3CC=C4C[C@@H](O)CC[C@]4(C)[C@H]3CC[C@]12C. The first-order chi connectivity index (χ1) is 19.9. The Labute approximate surface area is 248 Å². The van der Waals surface area contributed by atoms with E-state index in [-0.39, 0.29) is 6.10 Å². The summed E-state index contributed by atoms with van der Waals surface area (Å²) in [4.78, 5) is 0.912. The average Bonchev–Trinajstić information content (AvgIpc) is 3.58. The molecule has 4 aliphatic rings. The van der Waals surface area contributed by atoms with Gasteiger partial charge in [0.05, 0.1) is 11.8 Å². The third-order valence-corrected chi connectivity index (χ3v) is 12.5. The molecule has 7 rings (SSSR count). The number of rotatable bonds is 4. The largest absolute Gasteiger partial charge is 0.393 e. The van der Waals surface area contributed by atoms with Crippen LogP contribution in [0.3, 0.4) is 0 Å². The molecule has 5 heteroatoms. The van der Waals surface area contributed by atoms with Gasteiger partial charge >= 0.3 is 0 Å². The molecule has 2 aromatic carbocycles. The van der Waals surface area contributed by atoms with E-state index in [0.717, 1.165) is 53.2 Å². The zero-order chi connectivity index (χ0) is 28.2. The summed E-state index contributed by atoms with van der Waals surface area (Å²) in [6.45, 7) is 7.32. The van der Waals surface area contributed by atoms with Crippen molar-refractivity contribution in [1.29, 1.82) is 0 Å². The number of nitrogens with zero attached hydrogens (tertiary/aromatic N) is 3. The van der Waals surface area contributed by atoms with Gasteiger partial charge in [-0.25, -0.2) is 0 Å². The molecular weight excluding hydrogens is 522 g/mol. The van der Waals surface area contributed by atoms with Gasteiger partial charge in [-0.15, -0.1) is 16.4 Å². The number of allylic oxidation sites excluding steroid dienone is 1. The lowest BCUT2D eigenvalue weighted by Crippen LogP contribution is -2.50. The van der Waals surface area contributed by atoms with Gasteiger partial charge in [0.2, 0.25) is 4.80 Å². The molecule has 1 heterocycles. The van der Waals surface area contributed by atoms with Crippen molar-refractivity contribution in [2.75, 3.05) is 0 Å². The Balaban J connectivity index is 1.20. The first-order valence-corrected chi connectivity index (χ1v) is 16.5. The minimum absolute atomic E-state index is 0.133. The van der Waals surface area contributed by atoms with E-state index in [4.69, 9.17) is 10.2 Å². The third-order valence-electron chi connectivity index (χ3n) is 11.7. The number of aliphatic hydroxyl groups is 1. The second kappa shape index (κ2) is 10.5.